The van der Waals surface area contributed by atoms with E-state index in [-0.39, 0.29) is 24.9 Å². The SMILES string of the molecule is CN(CC(=O)c1ccc(O)cc1)Cc1cccc2c1OCO2. The van der Waals surface area contributed by atoms with E-state index < -0.39 is 0 Å². The fraction of sp³-hybridized carbons (Fsp3) is 0.235. The number of benzene rings is 2. The number of para-hydroxylation sites is 1. The largest absolute Gasteiger partial charge is 0.508 e. The van der Waals surface area contributed by atoms with Crippen molar-refractivity contribution in [1.29, 1.82) is 0 Å². The van der Waals surface area contributed by atoms with Gasteiger partial charge in [-0.1, -0.05) is 12.1 Å². The van der Waals surface area contributed by atoms with Crippen LogP contribution in [0.1, 0.15) is 15.9 Å². The van der Waals surface area contributed by atoms with E-state index in [9.17, 15) is 9.90 Å². The first-order chi connectivity index (χ1) is 10.6. The minimum atomic E-state index is 0.00671. The molecule has 0 atom stereocenters. The van der Waals surface area contributed by atoms with Crippen LogP contribution in [0.5, 0.6) is 17.2 Å². The van der Waals surface area contributed by atoms with Gasteiger partial charge in [-0.05, 0) is 37.4 Å². The number of rotatable bonds is 5. The number of ketones is 1. The van der Waals surface area contributed by atoms with Gasteiger partial charge in [-0.3, -0.25) is 9.69 Å². The Hall–Kier alpha value is -2.53. The lowest BCUT2D eigenvalue weighted by Gasteiger charge is -2.17. The van der Waals surface area contributed by atoms with E-state index in [1.165, 1.54) is 12.1 Å². The summed E-state index contributed by atoms with van der Waals surface area (Å²) in [7, 11) is 1.88. The van der Waals surface area contributed by atoms with Crippen molar-refractivity contribution in [3.8, 4) is 17.2 Å². The molecule has 0 saturated carbocycles. The molecule has 0 amide bonds. The first-order valence-electron chi connectivity index (χ1n) is 7.02. The van der Waals surface area contributed by atoms with Crippen molar-refractivity contribution in [2.75, 3.05) is 20.4 Å². The van der Waals surface area contributed by atoms with Crippen LogP contribution >= 0.6 is 0 Å². The minimum Gasteiger partial charge on any atom is -0.508 e. The van der Waals surface area contributed by atoms with Crippen molar-refractivity contribution in [3.63, 3.8) is 0 Å². The van der Waals surface area contributed by atoms with Gasteiger partial charge in [0.25, 0.3) is 0 Å². The normalized spacial score (nSPS) is 12.6. The number of Topliss-reactive ketones (excluding diaryl/α,β-unsaturated/α-hetero) is 1. The van der Waals surface area contributed by atoms with Crippen LogP contribution in [0.3, 0.4) is 0 Å². The zero-order chi connectivity index (χ0) is 15.5. The highest BCUT2D eigenvalue weighted by molar-refractivity contribution is 5.97. The number of hydrogen-bond acceptors (Lipinski definition) is 5. The lowest BCUT2D eigenvalue weighted by atomic mass is 10.1. The molecule has 1 aliphatic heterocycles. The molecule has 0 bridgehead atoms. The Morgan fingerprint density at radius 3 is 2.73 bits per heavy atom. The molecule has 0 aromatic heterocycles. The molecule has 0 saturated heterocycles. The second kappa shape index (κ2) is 6.07. The number of nitrogens with zero attached hydrogens (tertiary/aromatic N) is 1. The Morgan fingerprint density at radius 1 is 1.18 bits per heavy atom. The Bertz CT molecular complexity index is 682. The van der Waals surface area contributed by atoms with Gasteiger partial charge in [-0.2, -0.15) is 0 Å². The highest BCUT2D eigenvalue weighted by Crippen LogP contribution is 2.35. The predicted octanol–water partition coefficient (Wildman–Crippen LogP) is 2.44. The first-order valence-corrected chi connectivity index (χ1v) is 7.02. The highest BCUT2D eigenvalue weighted by Gasteiger charge is 2.18. The third kappa shape index (κ3) is 3.04. The summed E-state index contributed by atoms with van der Waals surface area (Å²) in [5, 5.41) is 9.26. The third-order valence-corrected chi connectivity index (χ3v) is 3.52. The molecule has 114 valence electrons. The molecule has 0 unspecified atom stereocenters. The van der Waals surface area contributed by atoms with Crippen LogP contribution < -0.4 is 9.47 Å². The number of fused-ring (bicyclic) bond motifs is 1. The van der Waals surface area contributed by atoms with Gasteiger partial charge in [-0.15, -0.1) is 0 Å². The van der Waals surface area contributed by atoms with Gasteiger partial charge >= 0.3 is 0 Å². The van der Waals surface area contributed by atoms with Crippen molar-refractivity contribution in [2.24, 2.45) is 0 Å². The number of ether oxygens (including phenoxy) is 2. The average molecular weight is 299 g/mol. The summed E-state index contributed by atoms with van der Waals surface area (Å²) in [4.78, 5) is 14.1. The minimum absolute atomic E-state index is 0.00671. The van der Waals surface area contributed by atoms with Crippen LogP contribution in [0.15, 0.2) is 42.5 Å². The topological polar surface area (TPSA) is 59.0 Å². The summed E-state index contributed by atoms with van der Waals surface area (Å²) in [6.45, 7) is 1.12. The molecule has 3 rings (SSSR count). The molecule has 1 N–H and O–H groups in total. The quantitative estimate of drug-likeness (QED) is 0.859. The van der Waals surface area contributed by atoms with Gasteiger partial charge < -0.3 is 14.6 Å². The van der Waals surface area contributed by atoms with Crippen LogP contribution in [-0.2, 0) is 6.54 Å². The van der Waals surface area contributed by atoms with Crippen LogP contribution in [0.4, 0.5) is 0 Å². The molecule has 1 aliphatic rings. The highest BCUT2D eigenvalue weighted by atomic mass is 16.7. The third-order valence-electron chi connectivity index (χ3n) is 3.52. The average Bonchev–Trinajstić information content (AvgIpc) is 2.97. The molecule has 1 heterocycles. The summed E-state index contributed by atoms with van der Waals surface area (Å²) in [5.74, 6) is 1.66. The number of phenols is 1. The van der Waals surface area contributed by atoms with Crippen LogP contribution in [0, 0.1) is 0 Å². The van der Waals surface area contributed by atoms with Crippen molar-refractivity contribution >= 4 is 5.78 Å². The number of aromatic hydroxyl groups is 1. The fourth-order valence-corrected chi connectivity index (χ4v) is 2.45. The fourth-order valence-electron chi connectivity index (χ4n) is 2.45. The summed E-state index contributed by atoms with van der Waals surface area (Å²) < 4.78 is 10.8. The molecule has 0 radical (unpaired) electrons. The predicted molar refractivity (Wildman–Crippen MR) is 81.3 cm³/mol. The second-order valence-corrected chi connectivity index (χ2v) is 5.29. The van der Waals surface area contributed by atoms with Gasteiger partial charge in [0.1, 0.15) is 5.75 Å². The zero-order valence-corrected chi connectivity index (χ0v) is 12.3. The maximum atomic E-state index is 12.2. The molecule has 0 fully saturated rings. The maximum absolute atomic E-state index is 12.2. The number of hydrogen-bond donors (Lipinski definition) is 1. The second-order valence-electron chi connectivity index (χ2n) is 5.29. The Labute approximate surface area is 128 Å². The number of phenolic OH excluding ortho intramolecular Hbond substituents is 1. The molecule has 2 aromatic carbocycles. The Morgan fingerprint density at radius 2 is 1.95 bits per heavy atom. The molecule has 22 heavy (non-hydrogen) atoms. The first kappa shape index (κ1) is 14.4. The summed E-state index contributed by atoms with van der Waals surface area (Å²) >= 11 is 0. The number of carbonyl (C=O) groups is 1. The molecule has 5 nitrogen and oxygen atoms in total. The van der Waals surface area contributed by atoms with Crippen molar-refractivity contribution in [3.05, 3.63) is 53.6 Å². The van der Waals surface area contributed by atoms with Crippen molar-refractivity contribution < 1.29 is 19.4 Å². The van der Waals surface area contributed by atoms with Gasteiger partial charge in [0.2, 0.25) is 6.79 Å². The molecule has 0 spiro atoms. The van der Waals surface area contributed by atoms with Gasteiger partial charge in [0, 0.05) is 17.7 Å². The van der Waals surface area contributed by atoms with E-state index in [0.29, 0.717) is 12.1 Å². The van der Waals surface area contributed by atoms with E-state index in [0.717, 1.165) is 17.1 Å². The summed E-state index contributed by atoms with van der Waals surface area (Å²) in [5.41, 5.74) is 1.58. The zero-order valence-electron chi connectivity index (χ0n) is 12.3. The summed E-state index contributed by atoms with van der Waals surface area (Å²) in [6.07, 6.45) is 0. The smallest absolute Gasteiger partial charge is 0.231 e. The Balaban J connectivity index is 1.65. The molecule has 5 heteroatoms. The van der Waals surface area contributed by atoms with Gasteiger partial charge in [0.05, 0.1) is 6.54 Å². The van der Waals surface area contributed by atoms with E-state index in [4.69, 9.17) is 9.47 Å². The van der Waals surface area contributed by atoms with Gasteiger partial charge in [-0.25, -0.2) is 0 Å². The van der Waals surface area contributed by atoms with Crippen LogP contribution in [0.25, 0.3) is 0 Å². The number of likely N-dealkylation sites (N-methyl/N-ethyl adjacent to an activating group) is 1. The lowest BCUT2D eigenvalue weighted by molar-refractivity contribution is 0.0942. The monoisotopic (exact) mass is 299 g/mol. The van der Waals surface area contributed by atoms with E-state index in [1.807, 2.05) is 30.1 Å². The van der Waals surface area contributed by atoms with E-state index >= 15 is 0 Å². The van der Waals surface area contributed by atoms with E-state index in [1.54, 1.807) is 12.1 Å². The molecular formula is C17H17NO4. The van der Waals surface area contributed by atoms with Crippen LogP contribution in [-0.4, -0.2) is 36.2 Å². The number of carbonyl (C=O) groups excluding carboxylic acids is 1. The van der Waals surface area contributed by atoms with Crippen molar-refractivity contribution in [1.82, 2.24) is 4.90 Å². The standard InChI is InChI=1S/C17H17NO4/c1-18(10-15(20)12-5-7-14(19)8-6-12)9-13-3-2-4-16-17(13)22-11-21-16/h2-8,19H,9-11H2,1H3. The van der Waals surface area contributed by atoms with Crippen molar-refractivity contribution in [2.45, 2.75) is 6.54 Å². The van der Waals surface area contributed by atoms with E-state index in [2.05, 4.69) is 0 Å². The molecule has 2 aromatic rings. The van der Waals surface area contributed by atoms with Gasteiger partial charge in [0.15, 0.2) is 17.3 Å². The summed E-state index contributed by atoms with van der Waals surface area (Å²) in [6, 6.07) is 12.0. The maximum Gasteiger partial charge on any atom is 0.231 e. The molecule has 0 aliphatic carbocycles. The lowest BCUT2D eigenvalue weighted by Crippen LogP contribution is -2.25. The van der Waals surface area contributed by atoms with Crippen LogP contribution in [0.2, 0.25) is 0 Å². The Kier molecular flexibility index (Phi) is 3.98. The molecular weight excluding hydrogens is 282 g/mol.